The summed E-state index contributed by atoms with van der Waals surface area (Å²) in [7, 11) is 0. The van der Waals surface area contributed by atoms with Crippen LogP contribution in [0.5, 0.6) is 0 Å². The number of halogens is 1. The van der Waals surface area contributed by atoms with Gasteiger partial charge < -0.3 is 0 Å². The van der Waals surface area contributed by atoms with Crippen LogP contribution in [0.25, 0.3) is 0 Å². The largest absolute Gasteiger partial charge is 0.198 e. The Morgan fingerprint density at radius 1 is 1.47 bits per heavy atom. The minimum Gasteiger partial charge on any atom is -0.198 e. The van der Waals surface area contributed by atoms with Gasteiger partial charge in [-0.2, -0.15) is 5.26 Å². The monoisotopic (exact) mass is 265 g/mol. The smallest absolute Gasteiger partial charge is 0.0687 e. The van der Waals surface area contributed by atoms with E-state index in [1.165, 1.54) is 5.57 Å². The van der Waals surface area contributed by atoms with Crippen molar-refractivity contribution in [1.82, 2.24) is 0 Å². The number of hydrogen-bond acceptors (Lipinski definition) is 1. The lowest BCUT2D eigenvalue weighted by atomic mass is 9.86. The Labute approximate surface area is 100 Å². The molecule has 0 N–H and O–H groups in total. The van der Waals surface area contributed by atoms with E-state index in [9.17, 15) is 0 Å². The predicted molar refractivity (Wildman–Crippen MR) is 67.7 cm³/mol. The maximum atomic E-state index is 9.00. The van der Waals surface area contributed by atoms with E-state index in [-0.39, 0.29) is 9.74 Å². The van der Waals surface area contributed by atoms with Crippen LogP contribution in [0.1, 0.15) is 27.2 Å². The SMILES string of the molecule is CC1(Br)C=CC=CC(CC(C)(C)C#N)=C1. The van der Waals surface area contributed by atoms with Crippen LogP contribution in [-0.2, 0) is 0 Å². The van der Waals surface area contributed by atoms with Gasteiger partial charge in [0.2, 0.25) is 0 Å². The van der Waals surface area contributed by atoms with E-state index < -0.39 is 0 Å². The zero-order valence-electron chi connectivity index (χ0n) is 9.42. The highest BCUT2D eigenvalue weighted by atomic mass is 79.9. The highest BCUT2D eigenvalue weighted by Gasteiger charge is 2.21. The maximum Gasteiger partial charge on any atom is 0.0687 e. The molecule has 1 rings (SSSR count). The lowest BCUT2D eigenvalue weighted by molar-refractivity contribution is 0.495. The number of alkyl halides is 1. The number of rotatable bonds is 2. The van der Waals surface area contributed by atoms with Crippen molar-refractivity contribution in [3.05, 3.63) is 36.0 Å². The van der Waals surface area contributed by atoms with Gasteiger partial charge in [-0.15, -0.1) is 0 Å². The van der Waals surface area contributed by atoms with Crippen molar-refractivity contribution in [2.24, 2.45) is 5.41 Å². The van der Waals surface area contributed by atoms with E-state index in [1.807, 2.05) is 26.0 Å². The zero-order chi connectivity index (χ0) is 11.5. The van der Waals surface area contributed by atoms with Gasteiger partial charge in [0, 0.05) is 0 Å². The van der Waals surface area contributed by atoms with Gasteiger partial charge in [0.05, 0.1) is 15.8 Å². The van der Waals surface area contributed by atoms with E-state index >= 15 is 0 Å². The average molecular weight is 266 g/mol. The number of nitrogens with zero attached hydrogens (tertiary/aromatic N) is 1. The van der Waals surface area contributed by atoms with Crippen LogP contribution < -0.4 is 0 Å². The zero-order valence-corrected chi connectivity index (χ0v) is 11.0. The molecule has 0 spiro atoms. The Bertz CT molecular complexity index is 364. The highest BCUT2D eigenvalue weighted by Crippen LogP contribution is 2.31. The van der Waals surface area contributed by atoms with Crippen molar-refractivity contribution < 1.29 is 0 Å². The van der Waals surface area contributed by atoms with Crippen molar-refractivity contribution in [2.45, 2.75) is 31.5 Å². The second-order valence-corrected chi connectivity index (χ2v) is 6.47. The van der Waals surface area contributed by atoms with Crippen molar-refractivity contribution in [3.63, 3.8) is 0 Å². The Morgan fingerprint density at radius 2 is 2.13 bits per heavy atom. The van der Waals surface area contributed by atoms with E-state index in [4.69, 9.17) is 5.26 Å². The van der Waals surface area contributed by atoms with Gasteiger partial charge in [-0.3, -0.25) is 0 Å². The minimum absolute atomic E-state index is 0.0998. The van der Waals surface area contributed by atoms with Gasteiger partial charge >= 0.3 is 0 Å². The predicted octanol–water partition coefficient (Wildman–Crippen LogP) is 4.13. The third-order valence-corrected chi connectivity index (χ3v) is 2.75. The summed E-state index contributed by atoms with van der Waals surface area (Å²) in [4.78, 5) is 0. The van der Waals surface area contributed by atoms with Gasteiger partial charge in [-0.05, 0) is 32.8 Å². The quantitative estimate of drug-likeness (QED) is 0.689. The molecule has 1 unspecified atom stereocenters. The molecule has 1 nitrogen and oxygen atoms in total. The summed E-state index contributed by atoms with van der Waals surface area (Å²) in [6, 6.07) is 2.33. The van der Waals surface area contributed by atoms with Crippen LogP contribution in [0.2, 0.25) is 0 Å². The molecule has 0 aliphatic heterocycles. The summed E-state index contributed by atoms with van der Waals surface area (Å²) < 4.78 is -0.0998. The van der Waals surface area contributed by atoms with Gasteiger partial charge in [0.1, 0.15) is 0 Å². The molecule has 1 atom stereocenters. The lowest BCUT2D eigenvalue weighted by Gasteiger charge is -2.18. The minimum atomic E-state index is -0.302. The summed E-state index contributed by atoms with van der Waals surface area (Å²) in [6.45, 7) is 6.02. The average Bonchev–Trinajstić information content (AvgIpc) is 2.25. The van der Waals surface area contributed by atoms with E-state index in [0.717, 1.165) is 6.42 Å². The van der Waals surface area contributed by atoms with Gasteiger partial charge in [0.15, 0.2) is 0 Å². The molecule has 1 aliphatic carbocycles. The first kappa shape index (κ1) is 12.3. The fourth-order valence-electron chi connectivity index (χ4n) is 1.54. The second kappa shape index (κ2) is 4.37. The topological polar surface area (TPSA) is 23.8 Å². The van der Waals surface area contributed by atoms with Gasteiger partial charge in [-0.1, -0.05) is 46.3 Å². The molecule has 15 heavy (non-hydrogen) atoms. The van der Waals surface area contributed by atoms with Crippen molar-refractivity contribution in [1.29, 1.82) is 5.26 Å². The van der Waals surface area contributed by atoms with Crippen molar-refractivity contribution >= 4 is 15.9 Å². The molecule has 1 aliphatic rings. The molecule has 0 bridgehead atoms. The van der Waals surface area contributed by atoms with Crippen LogP contribution in [-0.4, -0.2) is 4.32 Å². The third-order valence-electron chi connectivity index (χ3n) is 2.26. The third kappa shape index (κ3) is 4.05. The first-order valence-corrected chi connectivity index (χ1v) is 5.82. The first-order chi connectivity index (χ1) is 6.85. The molecule has 0 saturated heterocycles. The van der Waals surface area contributed by atoms with Crippen LogP contribution in [0.15, 0.2) is 36.0 Å². The lowest BCUT2D eigenvalue weighted by Crippen LogP contribution is -2.12. The molecule has 2 heteroatoms. The standard InChI is InChI=1S/C13H16BrN/c1-12(2,10-15)8-11-6-4-5-7-13(3,14)9-11/h4-7,9H,8H2,1-3H3. The number of allylic oxidation sites excluding steroid dienone is 6. The molecule has 0 radical (unpaired) electrons. The first-order valence-electron chi connectivity index (χ1n) is 5.02. The van der Waals surface area contributed by atoms with E-state index in [1.54, 1.807) is 0 Å². The van der Waals surface area contributed by atoms with Crippen LogP contribution in [0, 0.1) is 16.7 Å². The maximum absolute atomic E-state index is 9.00. The van der Waals surface area contributed by atoms with Crippen molar-refractivity contribution in [3.8, 4) is 6.07 Å². The Morgan fingerprint density at radius 3 is 2.73 bits per heavy atom. The Kier molecular flexibility index (Phi) is 3.57. The highest BCUT2D eigenvalue weighted by molar-refractivity contribution is 9.10. The number of nitriles is 1. The Hall–Kier alpha value is -0.810. The summed E-state index contributed by atoms with van der Waals surface area (Å²) in [5.74, 6) is 0. The normalized spacial score (nSPS) is 25.7. The molecule has 0 saturated carbocycles. The van der Waals surface area contributed by atoms with E-state index in [0.29, 0.717) is 0 Å². The van der Waals surface area contributed by atoms with Crippen LogP contribution in [0.3, 0.4) is 0 Å². The summed E-state index contributed by atoms with van der Waals surface area (Å²) >= 11 is 3.63. The van der Waals surface area contributed by atoms with Gasteiger partial charge in [-0.25, -0.2) is 0 Å². The molecule has 0 aromatic carbocycles. The van der Waals surface area contributed by atoms with Crippen molar-refractivity contribution in [2.75, 3.05) is 0 Å². The molecular weight excluding hydrogens is 250 g/mol. The molecule has 0 amide bonds. The fraction of sp³-hybridized carbons (Fsp3) is 0.462. The molecule has 0 aromatic heterocycles. The summed E-state index contributed by atoms with van der Waals surface area (Å²) in [6.07, 6.45) is 11.1. The van der Waals surface area contributed by atoms with E-state index in [2.05, 4.69) is 47.2 Å². The summed E-state index contributed by atoms with van der Waals surface area (Å²) in [5.41, 5.74) is 0.898. The second-order valence-electron chi connectivity index (χ2n) is 4.76. The van der Waals surface area contributed by atoms with Crippen LogP contribution in [0.4, 0.5) is 0 Å². The molecule has 0 fully saturated rings. The fourth-order valence-corrected chi connectivity index (χ4v) is 1.99. The molecule has 0 aromatic rings. The molecular formula is C13H16BrN. The molecule has 0 heterocycles. The molecule has 80 valence electrons. The summed E-state index contributed by atoms with van der Waals surface area (Å²) in [5, 5.41) is 9.00. The Balaban J connectivity index is 2.89. The van der Waals surface area contributed by atoms with Crippen LogP contribution >= 0.6 is 15.9 Å². The number of hydrogen-bond donors (Lipinski definition) is 0. The van der Waals surface area contributed by atoms with Gasteiger partial charge in [0.25, 0.3) is 0 Å².